The Morgan fingerprint density at radius 1 is 1.32 bits per heavy atom. The predicted molar refractivity (Wildman–Crippen MR) is 80.0 cm³/mol. The lowest BCUT2D eigenvalue weighted by atomic mass is 9.99. The average molecular weight is 280 g/mol. The molecule has 0 radical (unpaired) electrons. The third-order valence-corrected chi connectivity index (χ3v) is 4.71. The highest BCUT2D eigenvalue weighted by Crippen LogP contribution is 2.28. The van der Waals surface area contributed by atoms with Crippen molar-refractivity contribution in [3.63, 3.8) is 0 Å². The fraction of sp³-hybridized carbons (Fsp3) is 0.667. The number of aryl methyl sites for hydroxylation is 1. The number of nitrogens with zero attached hydrogens (tertiary/aromatic N) is 3. The van der Waals surface area contributed by atoms with Crippen molar-refractivity contribution >= 4 is 17.3 Å². The van der Waals surface area contributed by atoms with E-state index in [4.69, 9.17) is 11.6 Å². The average Bonchev–Trinajstić information content (AvgIpc) is 2.46. The lowest BCUT2D eigenvalue weighted by molar-refractivity contribution is 0.133. The van der Waals surface area contributed by atoms with E-state index < -0.39 is 0 Å². The summed E-state index contributed by atoms with van der Waals surface area (Å²) in [5, 5.41) is 0. The van der Waals surface area contributed by atoms with Crippen molar-refractivity contribution in [2.45, 2.75) is 38.1 Å². The zero-order valence-corrected chi connectivity index (χ0v) is 12.4. The molecule has 4 heteroatoms. The van der Waals surface area contributed by atoms with Gasteiger partial charge in [-0.3, -0.25) is 9.88 Å². The van der Waals surface area contributed by atoms with Gasteiger partial charge in [-0.15, -0.1) is 11.6 Å². The number of hydrogen-bond donors (Lipinski definition) is 0. The van der Waals surface area contributed by atoms with Gasteiger partial charge >= 0.3 is 0 Å². The van der Waals surface area contributed by atoms with Crippen LogP contribution in [0.15, 0.2) is 12.3 Å². The van der Waals surface area contributed by atoms with Gasteiger partial charge in [0.15, 0.2) is 0 Å². The van der Waals surface area contributed by atoms with Gasteiger partial charge in [-0.1, -0.05) is 6.42 Å². The van der Waals surface area contributed by atoms with Gasteiger partial charge in [-0.25, -0.2) is 0 Å². The van der Waals surface area contributed by atoms with E-state index in [2.05, 4.69) is 27.8 Å². The van der Waals surface area contributed by atoms with E-state index in [0.29, 0.717) is 5.88 Å². The smallest absolute Gasteiger partial charge is 0.0509 e. The maximum absolute atomic E-state index is 6.06. The first-order valence-electron chi connectivity index (χ1n) is 7.28. The van der Waals surface area contributed by atoms with Crippen molar-refractivity contribution < 1.29 is 0 Å². The summed E-state index contributed by atoms with van der Waals surface area (Å²) in [6, 6.07) is 2.93. The number of halogens is 1. The number of piperidine rings is 1. The molecule has 0 aliphatic carbocycles. The van der Waals surface area contributed by atoms with Crippen molar-refractivity contribution in [1.29, 1.82) is 0 Å². The molecule has 0 amide bonds. The van der Waals surface area contributed by atoms with Crippen molar-refractivity contribution in [2.75, 3.05) is 31.1 Å². The first-order valence-corrected chi connectivity index (χ1v) is 7.82. The molecule has 1 atom stereocenters. The number of aromatic nitrogens is 1. The second kappa shape index (κ2) is 5.68. The normalized spacial score (nSPS) is 24.3. The Morgan fingerprint density at radius 3 is 3.05 bits per heavy atom. The van der Waals surface area contributed by atoms with E-state index in [1.165, 1.54) is 38.0 Å². The summed E-state index contributed by atoms with van der Waals surface area (Å²) in [5.74, 6) is 0.549. The van der Waals surface area contributed by atoms with Gasteiger partial charge in [0.2, 0.25) is 0 Å². The summed E-state index contributed by atoms with van der Waals surface area (Å²) in [4.78, 5) is 9.54. The van der Waals surface area contributed by atoms with Crippen LogP contribution in [0, 0.1) is 6.92 Å². The number of fused-ring (bicyclic) bond motifs is 1. The summed E-state index contributed by atoms with van der Waals surface area (Å²) in [6.45, 7) is 6.79. The van der Waals surface area contributed by atoms with Crippen molar-refractivity contribution in [2.24, 2.45) is 0 Å². The topological polar surface area (TPSA) is 19.4 Å². The summed E-state index contributed by atoms with van der Waals surface area (Å²) in [5.41, 5.74) is 3.54. The fourth-order valence-electron chi connectivity index (χ4n) is 3.35. The molecule has 0 bridgehead atoms. The van der Waals surface area contributed by atoms with Crippen LogP contribution in [-0.4, -0.2) is 42.1 Å². The number of anilines is 1. The first kappa shape index (κ1) is 13.2. The SMILES string of the molecule is Cc1cc(N2CCN3CCCCC3C2)c(CCl)cn1. The third kappa shape index (κ3) is 2.72. The largest absolute Gasteiger partial charge is 0.368 e. The van der Waals surface area contributed by atoms with Gasteiger partial charge in [-0.05, 0) is 32.4 Å². The Hall–Kier alpha value is -0.800. The van der Waals surface area contributed by atoms with E-state index in [9.17, 15) is 0 Å². The van der Waals surface area contributed by atoms with Crippen LogP contribution in [0.25, 0.3) is 0 Å². The van der Waals surface area contributed by atoms with Gasteiger partial charge in [0.05, 0.1) is 5.88 Å². The summed E-state index contributed by atoms with van der Waals surface area (Å²) >= 11 is 6.06. The monoisotopic (exact) mass is 279 g/mol. The van der Waals surface area contributed by atoms with Gasteiger partial charge < -0.3 is 4.90 Å². The van der Waals surface area contributed by atoms with Crippen LogP contribution in [0.4, 0.5) is 5.69 Å². The highest BCUT2D eigenvalue weighted by Gasteiger charge is 2.29. The Balaban J connectivity index is 1.80. The Kier molecular flexibility index (Phi) is 3.94. The van der Waals surface area contributed by atoms with Crippen LogP contribution in [0.2, 0.25) is 0 Å². The fourth-order valence-corrected chi connectivity index (χ4v) is 3.55. The molecule has 19 heavy (non-hydrogen) atoms. The minimum absolute atomic E-state index is 0.549. The molecule has 0 N–H and O–H groups in total. The number of rotatable bonds is 2. The molecule has 3 nitrogen and oxygen atoms in total. The van der Waals surface area contributed by atoms with Crippen molar-refractivity contribution in [3.8, 4) is 0 Å². The number of hydrogen-bond acceptors (Lipinski definition) is 3. The molecule has 2 aliphatic heterocycles. The molecule has 1 unspecified atom stereocenters. The second-order valence-electron chi connectivity index (χ2n) is 5.72. The molecule has 0 aromatic carbocycles. The van der Waals surface area contributed by atoms with Crippen LogP contribution in [0.5, 0.6) is 0 Å². The minimum atomic E-state index is 0.549. The summed E-state index contributed by atoms with van der Waals surface area (Å²) < 4.78 is 0. The number of alkyl halides is 1. The van der Waals surface area contributed by atoms with E-state index in [1.807, 2.05) is 6.20 Å². The van der Waals surface area contributed by atoms with Crippen molar-refractivity contribution in [1.82, 2.24) is 9.88 Å². The lowest BCUT2D eigenvalue weighted by Gasteiger charge is -2.45. The van der Waals surface area contributed by atoms with E-state index in [0.717, 1.165) is 30.4 Å². The van der Waals surface area contributed by atoms with Crippen LogP contribution in [0.1, 0.15) is 30.5 Å². The molecule has 2 fully saturated rings. The van der Waals surface area contributed by atoms with E-state index in [-0.39, 0.29) is 0 Å². The van der Waals surface area contributed by atoms with Crippen molar-refractivity contribution in [3.05, 3.63) is 23.5 Å². The second-order valence-corrected chi connectivity index (χ2v) is 5.99. The molecular formula is C15H22ClN3. The summed E-state index contributed by atoms with van der Waals surface area (Å²) in [7, 11) is 0. The van der Waals surface area contributed by atoms with Crippen LogP contribution < -0.4 is 4.90 Å². The van der Waals surface area contributed by atoms with E-state index in [1.54, 1.807) is 0 Å². The number of pyridine rings is 1. The molecule has 3 heterocycles. The Bertz CT molecular complexity index is 449. The molecule has 0 saturated carbocycles. The van der Waals surface area contributed by atoms with Crippen LogP contribution in [0.3, 0.4) is 0 Å². The molecule has 3 rings (SSSR count). The molecule has 2 saturated heterocycles. The molecule has 0 spiro atoms. The molecule has 2 aliphatic rings. The van der Waals surface area contributed by atoms with Crippen LogP contribution in [-0.2, 0) is 5.88 Å². The Labute approximate surface area is 120 Å². The third-order valence-electron chi connectivity index (χ3n) is 4.42. The highest BCUT2D eigenvalue weighted by molar-refractivity contribution is 6.17. The van der Waals surface area contributed by atoms with Gasteiger partial charge in [-0.2, -0.15) is 0 Å². The number of piperazine rings is 1. The highest BCUT2D eigenvalue weighted by atomic mass is 35.5. The van der Waals surface area contributed by atoms with Gasteiger partial charge in [0.1, 0.15) is 0 Å². The lowest BCUT2D eigenvalue weighted by Crippen LogP contribution is -2.55. The zero-order valence-electron chi connectivity index (χ0n) is 11.6. The Morgan fingerprint density at radius 2 is 2.21 bits per heavy atom. The maximum atomic E-state index is 6.06. The zero-order chi connectivity index (χ0) is 13.2. The molecule has 1 aromatic heterocycles. The van der Waals surface area contributed by atoms with Crippen LogP contribution >= 0.6 is 11.6 Å². The standard InChI is InChI=1S/C15H22ClN3/c1-12-8-15(13(9-16)10-17-12)19-7-6-18-5-3-2-4-14(18)11-19/h8,10,14H,2-7,9,11H2,1H3. The van der Waals surface area contributed by atoms with E-state index >= 15 is 0 Å². The molecule has 104 valence electrons. The van der Waals surface area contributed by atoms with Gasteiger partial charge in [0, 0.05) is 48.8 Å². The van der Waals surface area contributed by atoms with Gasteiger partial charge in [0.25, 0.3) is 0 Å². The first-order chi connectivity index (χ1) is 9.28. The predicted octanol–water partition coefficient (Wildman–Crippen LogP) is 2.80. The minimum Gasteiger partial charge on any atom is -0.368 e. The maximum Gasteiger partial charge on any atom is 0.0509 e. The molecular weight excluding hydrogens is 258 g/mol. The molecule has 1 aromatic rings. The quantitative estimate of drug-likeness (QED) is 0.776. The summed E-state index contributed by atoms with van der Waals surface area (Å²) in [6.07, 6.45) is 6.03.